The molecule has 17 heavy (non-hydrogen) atoms. The molecule has 0 aromatic heterocycles. The fourth-order valence-corrected chi connectivity index (χ4v) is 1.81. The van der Waals surface area contributed by atoms with E-state index in [-0.39, 0.29) is 12.5 Å². The minimum atomic E-state index is -0.150. The molecule has 0 saturated carbocycles. The summed E-state index contributed by atoms with van der Waals surface area (Å²) in [5, 5.41) is 9.22. The Morgan fingerprint density at radius 1 is 1.53 bits per heavy atom. The molecule has 4 nitrogen and oxygen atoms in total. The van der Waals surface area contributed by atoms with Crippen LogP contribution in [0.2, 0.25) is 0 Å². The minimum absolute atomic E-state index is 0.0169. The van der Waals surface area contributed by atoms with E-state index in [4.69, 9.17) is 9.47 Å². The fourth-order valence-electron chi connectivity index (χ4n) is 1.81. The highest BCUT2D eigenvalue weighted by Gasteiger charge is 2.27. The number of fused-ring (bicyclic) bond motifs is 1. The second-order valence-electron chi connectivity index (χ2n) is 3.68. The van der Waals surface area contributed by atoms with Gasteiger partial charge in [0.1, 0.15) is 12.9 Å². The zero-order valence-electron chi connectivity index (χ0n) is 9.42. The van der Waals surface area contributed by atoms with Crippen LogP contribution in [-0.2, 0) is 4.79 Å². The Morgan fingerprint density at radius 3 is 3.00 bits per heavy atom. The molecule has 1 aromatic rings. The molecule has 2 rings (SSSR count). The van der Waals surface area contributed by atoms with Crippen LogP contribution >= 0.6 is 0 Å². The summed E-state index contributed by atoms with van der Waals surface area (Å²) in [6.45, 7) is 1.57. The van der Waals surface area contributed by atoms with Crippen LogP contribution in [-0.4, -0.2) is 25.1 Å². The van der Waals surface area contributed by atoms with Crippen LogP contribution in [0.5, 0.6) is 11.5 Å². The van der Waals surface area contributed by atoms with Crippen molar-refractivity contribution in [3.8, 4) is 11.5 Å². The SMILES string of the molecule is COc1cc(C=CC=O)cc2c1O[CH][C@H]2CO. The van der Waals surface area contributed by atoms with Gasteiger partial charge < -0.3 is 14.6 Å². The highest BCUT2D eigenvalue weighted by molar-refractivity contribution is 5.75. The molecule has 4 heteroatoms. The topological polar surface area (TPSA) is 55.8 Å². The summed E-state index contributed by atoms with van der Waals surface area (Å²) in [6, 6.07) is 3.66. The first-order valence-corrected chi connectivity index (χ1v) is 5.24. The van der Waals surface area contributed by atoms with Crippen molar-refractivity contribution in [2.75, 3.05) is 13.7 Å². The lowest BCUT2D eigenvalue weighted by Crippen LogP contribution is -1.99. The van der Waals surface area contributed by atoms with Crippen LogP contribution in [0.4, 0.5) is 0 Å². The van der Waals surface area contributed by atoms with Crippen LogP contribution in [0.1, 0.15) is 17.0 Å². The number of carbonyl (C=O) groups is 1. The van der Waals surface area contributed by atoms with E-state index in [9.17, 15) is 9.90 Å². The van der Waals surface area contributed by atoms with Crippen molar-refractivity contribution in [1.29, 1.82) is 0 Å². The van der Waals surface area contributed by atoms with E-state index in [1.54, 1.807) is 25.9 Å². The largest absolute Gasteiger partial charge is 0.493 e. The van der Waals surface area contributed by atoms with Crippen molar-refractivity contribution in [2.45, 2.75) is 5.92 Å². The van der Waals surface area contributed by atoms with Gasteiger partial charge in [0.05, 0.1) is 19.6 Å². The second kappa shape index (κ2) is 5.01. The Bertz CT molecular complexity index is 451. The first kappa shape index (κ1) is 11.7. The lowest BCUT2D eigenvalue weighted by molar-refractivity contribution is -0.104. The average molecular weight is 233 g/mol. The summed E-state index contributed by atoms with van der Waals surface area (Å²) >= 11 is 0. The quantitative estimate of drug-likeness (QED) is 0.633. The van der Waals surface area contributed by atoms with E-state index in [0.29, 0.717) is 17.8 Å². The number of allylic oxidation sites excluding steroid dienone is 1. The Kier molecular flexibility index (Phi) is 3.44. The van der Waals surface area contributed by atoms with E-state index < -0.39 is 0 Å². The number of methoxy groups -OCH3 is 1. The summed E-state index contributed by atoms with van der Waals surface area (Å²) in [5.41, 5.74) is 1.71. The Labute approximate surface area is 99.5 Å². The summed E-state index contributed by atoms with van der Waals surface area (Å²) < 4.78 is 10.6. The van der Waals surface area contributed by atoms with Crippen molar-refractivity contribution in [3.63, 3.8) is 0 Å². The van der Waals surface area contributed by atoms with Gasteiger partial charge >= 0.3 is 0 Å². The molecule has 0 aliphatic carbocycles. The molecule has 0 spiro atoms. The third kappa shape index (κ3) is 2.17. The molecule has 1 radical (unpaired) electrons. The molecule has 1 aromatic carbocycles. The maximum atomic E-state index is 10.3. The Hall–Kier alpha value is -1.81. The summed E-state index contributed by atoms with van der Waals surface area (Å²) in [6.07, 6.45) is 3.81. The second-order valence-corrected chi connectivity index (χ2v) is 3.68. The number of hydrogen-bond acceptors (Lipinski definition) is 4. The molecule has 89 valence electrons. The van der Waals surface area contributed by atoms with Gasteiger partial charge in [0.2, 0.25) is 0 Å². The van der Waals surface area contributed by atoms with E-state index in [1.165, 1.54) is 6.08 Å². The van der Waals surface area contributed by atoms with Crippen molar-refractivity contribution in [1.82, 2.24) is 0 Å². The number of carbonyl (C=O) groups excluding carboxylic acids is 1. The highest BCUT2D eigenvalue weighted by Crippen LogP contribution is 2.43. The van der Waals surface area contributed by atoms with Gasteiger partial charge in [-0.3, -0.25) is 4.79 Å². The molecule has 1 heterocycles. The number of ether oxygens (including phenoxy) is 2. The summed E-state index contributed by atoms with van der Waals surface area (Å²) in [4.78, 5) is 10.3. The monoisotopic (exact) mass is 233 g/mol. The predicted octanol–water partition coefficient (Wildman–Crippen LogP) is 1.54. The third-order valence-corrected chi connectivity index (χ3v) is 2.64. The molecule has 0 bridgehead atoms. The lowest BCUT2D eigenvalue weighted by Gasteiger charge is -2.09. The van der Waals surface area contributed by atoms with Gasteiger partial charge in [0, 0.05) is 5.56 Å². The molecular formula is C13H13O4. The Morgan fingerprint density at radius 2 is 2.35 bits per heavy atom. The molecule has 0 amide bonds. The van der Waals surface area contributed by atoms with Crippen molar-refractivity contribution in [2.24, 2.45) is 0 Å². The number of aliphatic hydroxyl groups is 1. The maximum Gasteiger partial charge on any atom is 0.165 e. The fraction of sp³-hybridized carbons (Fsp3) is 0.231. The zero-order valence-corrected chi connectivity index (χ0v) is 9.42. The number of aliphatic hydroxyl groups excluding tert-OH is 1. The Balaban J connectivity index is 2.46. The molecular weight excluding hydrogens is 220 g/mol. The minimum Gasteiger partial charge on any atom is -0.493 e. The van der Waals surface area contributed by atoms with Gasteiger partial charge in [-0.05, 0) is 23.8 Å². The van der Waals surface area contributed by atoms with E-state index >= 15 is 0 Å². The van der Waals surface area contributed by atoms with Gasteiger partial charge in [0.15, 0.2) is 11.5 Å². The molecule has 1 N–H and O–H groups in total. The molecule has 1 aliphatic rings. The summed E-state index contributed by atoms with van der Waals surface area (Å²) in [5.74, 6) is 1.08. The van der Waals surface area contributed by atoms with Gasteiger partial charge in [-0.25, -0.2) is 0 Å². The van der Waals surface area contributed by atoms with Crippen LogP contribution in [0, 0.1) is 6.61 Å². The van der Waals surface area contributed by atoms with E-state index in [0.717, 1.165) is 11.1 Å². The lowest BCUT2D eigenvalue weighted by atomic mass is 9.99. The first-order valence-electron chi connectivity index (χ1n) is 5.24. The number of aldehydes is 1. The highest BCUT2D eigenvalue weighted by atomic mass is 16.5. The van der Waals surface area contributed by atoms with Gasteiger partial charge in [-0.15, -0.1) is 0 Å². The van der Waals surface area contributed by atoms with E-state index in [1.807, 2.05) is 6.07 Å². The molecule has 0 fully saturated rings. The first-order chi connectivity index (χ1) is 8.30. The number of benzene rings is 1. The third-order valence-electron chi connectivity index (χ3n) is 2.64. The number of hydrogen-bond donors (Lipinski definition) is 1. The molecule has 1 aliphatic heterocycles. The molecule has 1 atom stereocenters. The standard InChI is InChI=1S/C13H13O4/c1-16-12-6-9(3-2-4-14)5-11-10(7-15)8-17-13(11)12/h2-6,8,10,15H,7H2,1H3/t10-/m1/s1. The van der Waals surface area contributed by atoms with Crippen molar-refractivity contribution < 1.29 is 19.4 Å². The van der Waals surface area contributed by atoms with Crippen LogP contribution < -0.4 is 9.47 Å². The van der Waals surface area contributed by atoms with Crippen LogP contribution in [0.15, 0.2) is 18.2 Å². The predicted molar refractivity (Wildman–Crippen MR) is 62.8 cm³/mol. The van der Waals surface area contributed by atoms with Crippen LogP contribution in [0.3, 0.4) is 0 Å². The zero-order chi connectivity index (χ0) is 12.3. The van der Waals surface area contributed by atoms with Crippen LogP contribution in [0.25, 0.3) is 6.08 Å². The van der Waals surface area contributed by atoms with E-state index in [2.05, 4.69) is 0 Å². The molecule has 0 saturated heterocycles. The normalized spacial score (nSPS) is 17.9. The smallest absolute Gasteiger partial charge is 0.165 e. The maximum absolute atomic E-state index is 10.3. The molecule has 0 unspecified atom stereocenters. The van der Waals surface area contributed by atoms with Gasteiger partial charge in [-0.2, -0.15) is 0 Å². The van der Waals surface area contributed by atoms with Gasteiger partial charge in [-0.1, -0.05) is 6.08 Å². The van der Waals surface area contributed by atoms with Crippen molar-refractivity contribution >= 4 is 12.4 Å². The van der Waals surface area contributed by atoms with Gasteiger partial charge in [0.25, 0.3) is 0 Å². The number of rotatable bonds is 4. The average Bonchev–Trinajstić information content (AvgIpc) is 2.78. The summed E-state index contributed by atoms with van der Waals surface area (Å²) in [7, 11) is 1.55. The van der Waals surface area contributed by atoms with Crippen molar-refractivity contribution in [3.05, 3.63) is 35.9 Å².